The molecule has 2 heterocycles. The quantitative estimate of drug-likeness (QED) is 0.502. The number of nitrogens with one attached hydrogen (secondary N) is 2. The molecule has 0 aliphatic heterocycles. The summed E-state index contributed by atoms with van der Waals surface area (Å²) in [6.07, 6.45) is 1.32. The Morgan fingerprint density at radius 2 is 1.82 bits per heavy atom. The summed E-state index contributed by atoms with van der Waals surface area (Å²) in [7, 11) is 0. The molecule has 4 rings (SSSR count). The summed E-state index contributed by atoms with van der Waals surface area (Å²) in [6, 6.07) is 13.0. The molecule has 0 atom stereocenters. The van der Waals surface area contributed by atoms with Crippen molar-refractivity contribution in [2.45, 2.75) is 6.54 Å². The van der Waals surface area contributed by atoms with Gasteiger partial charge in [-0.3, -0.25) is 14.2 Å². The van der Waals surface area contributed by atoms with E-state index in [1.54, 1.807) is 36.4 Å². The number of benzene rings is 2. The van der Waals surface area contributed by atoms with Crippen LogP contribution in [0.2, 0.25) is 0 Å². The molecule has 0 fully saturated rings. The van der Waals surface area contributed by atoms with Gasteiger partial charge in [0, 0.05) is 16.8 Å². The van der Waals surface area contributed by atoms with Crippen LogP contribution >= 0.6 is 0 Å². The van der Waals surface area contributed by atoms with Gasteiger partial charge < -0.3 is 20.8 Å². The summed E-state index contributed by atoms with van der Waals surface area (Å²) in [6.45, 7) is -0.244. The molecule has 9 heteroatoms. The fraction of sp³-hybridized carbons (Fsp3) is 0.0526. The number of furan rings is 1. The van der Waals surface area contributed by atoms with Gasteiger partial charge in [0.1, 0.15) is 17.6 Å². The minimum Gasteiger partial charge on any atom is -0.448 e. The van der Waals surface area contributed by atoms with E-state index in [9.17, 15) is 14.4 Å². The highest BCUT2D eigenvalue weighted by Crippen LogP contribution is 2.24. The zero-order valence-electron chi connectivity index (χ0n) is 14.5. The normalized spacial score (nSPS) is 10.9. The van der Waals surface area contributed by atoms with Crippen molar-refractivity contribution < 1.29 is 14.0 Å². The van der Waals surface area contributed by atoms with Gasteiger partial charge in [0.2, 0.25) is 11.5 Å². The van der Waals surface area contributed by atoms with Gasteiger partial charge in [-0.1, -0.05) is 18.2 Å². The third-order valence-electron chi connectivity index (χ3n) is 4.08. The Labute approximate surface area is 157 Å². The van der Waals surface area contributed by atoms with Crippen molar-refractivity contribution in [3.63, 3.8) is 0 Å². The molecule has 0 aliphatic carbocycles. The number of amides is 3. The third-order valence-corrected chi connectivity index (χ3v) is 4.08. The Hall–Kier alpha value is -4.14. The first-order chi connectivity index (χ1) is 13.5. The van der Waals surface area contributed by atoms with E-state index in [0.29, 0.717) is 22.5 Å². The first-order valence-corrected chi connectivity index (χ1v) is 8.34. The summed E-state index contributed by atoms with van der Waals surface area (Å²) < 4.78 is 6.77. The number of nitrogens with zero attached hydrogens (tertiary/aromatic N) is 2. The van der Waals surface area contributed by atoms with Crippen molar-refractivity contribution in [2.24, 2.45) is 5.73 Å². The number of primary amides is 1. The molecule has 0 radical (unpaired) electrons. The molecule has 0 bridgehead atoms. The van der Waals surface area contributed by atoms with Crippen LogP contribution in [-0.2, 0) is 11.3 Å². The van der Waals surface area contributed by atoms with E-state index in [0.717, 1.165) is 5.39 Å². The average molecular weight is 377 g/mol. The van der Waals surface area contributed by atoms with Gasteiger partial charge in [0.05, 0.1) is 6.33 Å². The highest BCUT2D eigenvalue weighted by molar-refractivity contribution is 6.01. The van der Waals surface area contributed by atoms with Crippen LogP contribution in [0.4, 0.5) is 16.2 Å². The van der Waals surface area contributed by atoms with Gasteiger partial charge in [0.25, 0.3) is 5.56 Å². The Morgan fingerprint density at radius 3 is 2.61 bits per heavy atom. The second-order valence-corrected chi connectivity index (χ2v) is 6.07. The number of urea groups is 1. The van der Waals surface area contributed by atoms with Crippen LogP contribution in [0, 0.1) is 0 Å². The van der Waals surface area contributed by atoms with Crippen LogP contribution < -0.4 is 21.9 Å². The Balaban J connectivity index is 1.57. The van der Waals surface area contributed by atoms with Gasteiger partial charge in [-0.05, 0) is 30.3 Å². The van der Waals surface area contributed by atoms with Crippen molar-refractivity contribution in [2.75, 3.05) is 10.6 Å². The lowest BCUT2D eigenvalue weighted by Crippen LogP contribution is -2.27. The summed E-state index contributed by atoms with van der Waals surface area (Å²) in [5.41, 5.74) is 6.64. The maximum absolute atomic E-state index is 12.6. The Kier molecular flexibility index (Phi) is 4.24. The third kappa shape index (κ3) is 3.28. The number of hydrogen-bond acceptors (Lipinski definition) is 5. The Bertz CT molecular complexity index is 1270. The van der Waals surface area contributed by atoms with Gasteiger partial charge in [-0.25, -0.2) is 9.78 Å². The second kappa shape index (κ2) is 6.88. The lowest BCUT2D eigenvalue weighted by molar-refractivity contribution is -0.116. The molecule has 2 aromatic carbocycles. The topological polar surface area (TPSA) is 132 Å². The molecule has 2 aromatic heterocycles. The molecular formula is C19H15N5O4. The van der Waals surface area contributed by atoms with Crippen LogP contribution in [0.5, 0.6) is 0 Å². The number of anilines is 2. The van der Waals surface area contributed by atoms with E-state index in [-0.39, 0.29) is 12.1 Å². The number of para-hydroxylation sites is 1. The molecule has 28 heavy (non-hydrogen) atoms. The van der Waals surface area contributed by atoms with E-state index < -0.39 is 17.5 Å². The standard InChI is InChI=1S/C19H15N5O4/c20-19(27)23-12-5-3-4-11(8-12)22-15(25)9-24-10-21-16-13-6-1-2-7-14(13)28-17(16)18(24)26/h1-8,10H,9H2,(H,22,25)(H3,20,23,27). The van der Waals surface area contributed by atoms with Gasteiger partial charge in [0.15, 0.2) is 0 Å². The van der Waals surface area contributed by atoms with E-state index in [4.69, 9.17) is 10.2 Å². The van der Waals surface area contributed by atoms with Crippen molar-refractivity contribution in [3.05, 3.63) is 65.2 Å². The molecule has 0 unspecified atom stereocenters. The number of fused-ring (bicyclic) bond motifs is 3. The molecule has 9 nitrogen and oxygen atoms in total. The Morgan fingerprint density at radius 1 is 1.07 bits per heavy atom. The van der Waals surface area contributed by atoms with E-state index in [2.05, 4.69) is 15.6 Å². The van der Waals surface area contributed by atoms with Crippen LogP contribution in [-0.4, -0.2) is 21.5 Å². The van der Waals surface area contributed by atoms with Crippen molar-refractivity contribution in [1.29, 1.82) is 0 Å². The highest BCUT2D eigenvalue weighted by atomic mass is 16.3. The van der Waals surface area contributed by atoms with E-state index >= 15 is 0 Å². The lowest BCUT2D eigenvalue weighted by atomic mass is 10.2. The first kappa shape index (κ1) is 17.3. The molecule has 140 valence electrons. The summed E-state index contributed by atoms with van der Waals surface area (Å²) in [4.78, 5) is 40.2. The largest absolute Gasteiger partial charge is 0.448 e. The number of rotatable bonds is 4. The predicted molar refractivity (Wildman–Crippen MR) is 104 cm³/mol. The molecule has 0 saturated heterocycles. The minimum absolute atomic E-state index is 0.101. The number of nitrogens with two attached hydrogens (primary N) is 1. The van der Waals surface area contributed by atoms with Crippen molar-refractivity contribution >= 4 is 45.4 Å². The number of carbonyl (C=O) groups excluding carboxylic acids is 2. The fourth-order valence-electron chi connectivity index (χ4n) is 2.90. The van der Waals surface area contributed by atoms with Crippen LogP contribution in [0.15, 0.2) is 64.1 Å². The SMILES string of the molecule is NC(=O)Nc1cccc(NC(=O)Cn2cnc3c(oc4ccccc43)c2=O)c1. The zero-order chi connectivity index (χ0) is 19.7. The summed E-state index contributed by atoms with van der Waals surface area (Å²) in [5.74, 6) is -0.435. The number of carbonyl (C=O) groups is 2. The highest BCUT2D eigenvalue weighted by Gasteiger charge is 2.14. The van der Waals surface area contributed by atoms with Crippen molar-refractivity contribution in [1.82, 2.24) is 9.55 Å². The van der Waals surface area contributed by atoms with Crippen LogP contribution in [0.3, 0.4) is 0 Å². The van der Waals surface area contributed by atoms with Gasteiger partial charge in [-0.2, -0.15) is 0 Å². The minimum atomic E-state index is -0.708. The second-order valence-electron chi connectivity index (χ2n) is 6.07. The van der Waals surface area contributed by atoms with E-state index in [1.807, 2.05) is 12.1 Å². The van der Waals surface area contributed by atoms with Crippen LogP contribution in [0.1, 0.15) is 0 Å². The summed E-state index contributed by atoms with van der Waals surface area (Å²) >= 11 is 0. The monoisotopic (exact) mass is 377 g/mol. The summed E-state index contributed by atoms with van der Waals surface area (Å²) in [5, 5.41) is 5.82. The van der Waals surface area contributed by atoms with Crippen LogP contribution in [0.25, 0.3) is 22.1 Å². The average Bonchev–Trinajstić information content (AvgIpc) is 3.03. The number of hydrogen-bond donors (Lipinski definition) is 3. The molecular weight excluding hydrogens is 362 g/mol. The lowest BCUT2D eigenvalue weighted by Gasteiger charge is -2.08. The van der Waals surface area contributed by atoms with Gasteiger partial charge >= 0.3 is 6.03 Å². The zero-order valence-corrected chi connectivity index (χ0v) is 14.5. The maximum Gasteiger partial charge on any atom is 0.316 e. The van der Waals surface area contributed by atoms with Gasteiger partial charge in [-0.15, -0.1) is 0 Å². The molecule has 0 saturated carbocycles. The molecule has 3 amide bonds. The first-order valence-electron chi connectivity index (χ1n) is 8.34. The van der Waals surface area contributed by atoms with Crippen molar-refractivity contribution in [3.8, 4) is 0 Å². The molecule has 4 aromatic rings. The number of aromatic nitrogens is 2. The smallest absolute Gasteiger partial charge is 0.316 e. The molecule has 0 spiro atoms. The fourth-order valence-corrected chi connectivity index (χ4v) is 2.90. The maximum atomic E-state index is 12.6. The molecule has 4 N–H and O–H groups in total. The molecule has 0 aliphatic rings. The van der Waals surface area contributed by atoms with E-state index in [1.165, 1.54) is 10.9 Å². The predicted octanol–water partition coefficient (Wildman–Crippen LogP) is 2.27.